The van der Waals surface area contributed by atoms with Crippen LogP contribution in [0, 0.1) is 5.92 Å². The third-order valence-electron chi connectivity index (χ3n) is 3.63. The van der Waals surface area contributed by atoms with Crippen molar-refractivity contribution in [1.29, 1.82) is 0 Å². The van der Waals surface area contributed by atoms with Crippen LogP contribution >= 0.6 is 15.9 Å². The van der Waals surface area contributed by atoms with Crippen molar-refractivity contribution in [1.82, 2.24) is 10.3 Å². The van der Waals surface area contributed by atoms with E-state index in [1.54, 1.807) is 0 Å². The van der Waals surface area contributed by atoms with Gasteiger partial charge >= 0.3 is 0 Å². The minimum Gasteiger partial charge on any atom is -0.310 e. The normalized spacial score (nSPS) is 19.2. The van der Waals surface area contributed by atoms with E-state index in [9.17, 15) is 0 Å². The molecule has 1 fully saturated rings. The quantitative estimate of drug-likeness (QED) is 0.906. The van der Waals surface area contributed by atoms with Crippen LogP contribution in [0.1, 0.15) is 50.6 Å². The Hall–Kier alpha value is -0.410. The molecule has 0 aromatic carbocycles. The summed E-state index contributed by atoms with van der Waals surface area (Å²) in [6.07, 6.45) is 10.7. The Kier molecular flexibility index (Phi) is 4.99. The summed E-state index contributed by atoms with van der Waals surface area (Å²) in [5.41, 5.74) is 1.33. The van der Waals surface area contributed by atoms with Crippen LogP contribution in [0.15, 0.2) is 22.9 Å². The highest BCUT2D eigenvalue weighted by Gasteiger charge is 2.24. The van der Waals surface area contributed by atoms with Crippen LogP contribution in [0.3, 0.4) is 0 Å². The van der Waals surface area contributed by atoms with Gasteiger partial charge in [0, 0.05) is 22.9 Å². The highest BCUT2D eigenvalue weighted by molar-refractivity contribution is 9.10. The molecule has 0 bridgehead atoms. The Bertz CT molecular complexity index is 348. The molecule has 2 nitrogen and oxygen atoms in total. The molecule has 1 aliphatic carbocycles. The van der Waals surface area contributed by atoms with Gasteiger partial charge < -0.3 is 5.32 Å². The average molecular weight is 297 g/mol. The number of nitrogens with zero attached hydrogens (tertiary/aromatic N) is 1. The molecule has 0 aliphatic heterocycles. The van der Waals surface area contributed by atoms with Crippen LogP contribution in [-0.4, -0.2) is 11.5 Å². The number of hydrogen-bond acceptors (Lipinski definition) is 2. The summed E-state index contributed by atoms with van der Waals surface area (Å²) >= 11 is 3.52. The standard InChI is InChI=1S/C14H21BrN2/c1-2-17-14(11-6-4-3-5-7-11)12-8-13(15)10-16-9-12/h8-11,14,17H,2-7H2,1H3. The Morgan fingerprint density at radius 2 is 2.12 bits per heavy atom. The second-order valence-electron chi connectivity index (χ2n) is 4.87. The van der Waals surface area contributed by atoms with E-state index in [4.69, 9.17) is 0 Å². The molecule has 1 heterocycles. The summed E-state index contributed by atoms with van der Waals surface area (Å²) in [4.78, 5) is 4.30. The van der Waals surface area contributed by atoms with Gasteiger partial charge in [-0.15, -0.1) is 0 Å². The SMILES string of the molecule is CCNC(c1cncc(Br)c1)C1CCCCC1. The number of aromatic nitrogens is 1. The van der Waals surface area contributed by atoms with E-state index in [2.05, 4.69) is 39.2 Å². The topological polar surface area (TPSA) is 24.9 Å². The molecule has 0 spiro atoms. The molecule has 0 saturated heterocycles. The zero-order valence-corrected chi connectivity index (χ0v) is 12.0. The van der Waals surface area contributed by atoms with Crippen molar-refractivity contribution in [3.05, 3.63) is 28.5 Å². The van der Waals surface area contributed by atoms with E-state index in [1.807, 2.05) is 12.4 Å². The Morgan fingerprint density at radius 1 is 1.35 bits per heavy atom. The van der Waals surface area contributed by atoms with Gasteiger partial charge in [0.25, 0.3) is 0 Å². The van der Waals surface area contributed by atoms with Gasteiger partial charge in [0.2, 0.25) is 0 Å². The molecule has 1 aliphatic rings. The summed E-state index contributed by atoms with van der Waals surface area (Å²) in [5, 5.41) is 3.64. The summed E-state index contributed by atoms with van der Waals surface area (Å²) in [6.45, 7) is 3.20. The molecular weight excluding hydrogens is 276 g/mol. The molecule has 94 valence electrons. The van der Waals surface area contributed by atoms with Gasteiger partial charge in [0.1, 0.15) is 0 Å². The molecule has 17 heavy (non-hydrogen) atoms. The van der Waals surface area contributed by atoms with E-state index in [0.717, 1.165) is 16.9 Å². The fourth-order valence-corrected chi connectivity index (χ4v) is 3.23. The lowest BCUT2D eigenvalue weighted by molar-refractivity contribution is 0.274. The molecule has 1 saturated carbocycles. The lowest BCUT2D eigenvalue weighted by atomic mass is 9.81. The van der Waals surface area contributed by atoms with Crippen LogP contribution in [0.4, 0.5) is 0 Å². The molecule has 2 rings (SSSR count). The predicted molar refractivity (Wildman–Crippen MR) is 74.9 cm³/mol. The molecule has 0 radical (unpaired) electrons. The largest absolute Gasteiger partial charge is 0.310 e. The Morgan fingerprint density at radius 3 is 2.76 bits per heavy atom. The number of hydrogen-bond donors (Lipinski definition) is 1. The van der Waals surface area contributed by atoms with Crippen LogP contribution < -0.4 is 5.32 Å². The van der Waals surface area contributed by atoms with Crippen LogP contribution in [0.5, 0.6) is 0 Å². The third-order valence-corrected chi connectivity index (χ3v) is 4.06. The van der Waals surface area contributed by atoms with Gasteiger partial charge in [-0.05, 0) is 52.9 Å². The lowest BCUT2D eigenvalue weighted by Crippen LogP contribution is -2.29. The van der Waals surface area contributed by atoms with E-state index in [1.165, 1.54) is 37.7 Å². The summed E-state index contributed by atoms with van der Waals surface area (Å²) in [6, 6.07) is 2.68. The van der Waals surface area contributed by atoms with Crippen LogP contribution in [0.25, 0.3) is 0 Å². The summed E-state index contributed by atoms with van der Waals surface area (Å²) < 4.78 is 1.08. The van der Waals surface area contributed by atoms with Crippen LogP contribution in [-0.2, 0) is 0 Å². The minimum absolute atomic E-state index is 0.477. The van der Waals surface area contributed by atoms with Crippen molar-refractivity contribution in [2.45, 2.75) is 45.1 Å². The Labute approximate surface area is 112 Å². The maximum Gasteiger partial charge on any atom is 0.0410 e. The van der Waals surface area contributed by atoms with Crippen molar-refractivity contribution < 1.29 is 0 Å². The van der Waals surface area contributed by atoms with Gasteiger partial charge in [-0.2, -0.15) is 0 Å². The van der Waals surface area contributed by atoms with E-state index >= 15 is 0 Å². The maximum absolute atomic E-state index is 4.30. The van der Waals surface area contributed by atoms with Gasteiger partial charge in [0.05, 0.1) is 0 Å². The monoisotopic (exact) mass is 296 g/mol. The predicted octanol–water partition coefficient (Wildman–Crippen LogP) is 4.08. The molecule has 1 atom stereocenters. The maximum atomic E-state index is 4.30. The van der Waals surface area contributed by atoms with E-state index < -0.39 is 0 Å². The first-order chi connectivity index (χ1) is 8.31. The first-order valence-electron chi connectivity index (χ1n) is 6.65. The van der Waals surface area contributed by atoms with Crippen molar-refractivity contribution >= 4 is 15.9 Å². The molecule has 0 amide bonds. The Balaban J connectivity index is 2.15. The zero-order valence-electron chi connectivity index (χ0n) is 10.5. The van der Waals surface area contributed by atoms with Crippen molar-refractivity contribution in [2.75, 3.05) is 6.54 Å². The van der Waals surface area contributed by atoms with Crippen molar-refractivity contribution in [2.24, 2.45) is 5.92 Å². The average Bonchev–Trinajstić information content (AvgIpc) is 2.37. The fourth-order valence-electron chi connectivity index (χ4n) is 2.84. The van der Waals surface area contributed by atoms with Crippen molar-refractivity contribution in [3.63, 3.8) is 0 Å². The molecule has 1 N–H and O–H groups in total. The second-order valence-corrected chi connectivity index (χ2v) is 5.79. The lowest BCUT2D eigenvalue weighted by Gasteiger charge is -2.31. The number of halogens is 1. The highest BCUT2D eigenvalue weighted by atomic mass is 79.9. The number of pyridine rings is 1. The van der Waals surface area contributed by atoms with Crippen molar-refractivity contribution in [3.8, 4) is 0 Å². The van der Waals surface area contributed by atoms with Gasteiger partial charge in [-0.25, -0.2) is 0 Å². The van der Waals surface area contributed by atoms with E-state index in [-0.39, 0.29) is 0 Å². The fraction of sp³-hybridized carbons (Fsp3) is 0.643. The first kappa shape index (κ1) is 13.0. The minimum atomic E-state index is 0.477. The summed E-state index contributed by atoms with van der Waals surface area (Å²) in [7, 11) is 0. The van der Waals surface area contributed by atoms with Crippen LogP contribution in [0.2, 0.25) is 0 Å². The smallest absolute Gasteiger partial charge is 0.0410 e. The third kappa shape index (κ3) is 3.52. The zero-order chi connectivity index (χ0) is 12.1. The van der Waals surface area contributed by atoms with Gasteiger partial charge in [0.15, 0.2) is 0 Å². The molecule has 1 aromatic rings. The number of nitrogens with one attached hydrogen (secondary N) is 1. The second kappa shape index (κ2) is 6.50. The number of rotatable bonds is 4. The summed E-state index contributed by atoms with van der Waals surface area (Å²) in [5.74, 6) is 0.778. The molecular formula is C14H21BrN2. The molecule has 1 unspecified atom stereocenters. The first-order valence-corrected chi connectivity index (χ1v) is 7.44. The molecule has 1 aromatic heterocycles. The molecule has 3 heteroatoms. The van der Waals surface area contributed by atoms with Gasteiger partial charge in [-0.1, -0.05) is 26.2 Å². The highest BCUT2D eigenvalue weighted by Crippen LogP contribution is 2.34. The van der Waals surface area contributed by atoms with Gasteiger partial charge in [-0.3, -0.25) is 4.98 Å². The van der Waals surface area contributed by atoms with E-state index in [0.29, 0.717) is 6.04 Å².